The number of anilines is 1. The van der Waals surface area contributed by atoms with Crippen molar-refractivity contribution >= 4 is 29.4 Å². The summed E-state index contributed by atoms with van der Waals surface area (Å²) < 4.78 is 13.2. The van der Waals surface area contributed by atoms with E-state index < -0.39 is 17.5 Å². The van der Waals surface area contributed by atoms with E-state index in [1.807, 2.05) is 0 Å². The van der Waals surface area contributed by atoms with Crippen LogP contribution >= 0.6 is 0 Å². The predicted molar refractivity (Wildman–Crippen MR) is 122 cm³/mol. The van der Waals surface area contributed by atoms with Gasteiger partial charge in [0, 0.05) is 39.3 Å². The van der Waals surface area contributed by atoms with E-state index in [1.54, 1.807) is 64.8 Å². The molecule has 0 unspecified atom stereocenters. The highest BCUT2D eigenvalue weighted by Crippen LogP contribution is 2.16. The third-order valence-corrected chi connectivity index (χ3v) is 4.48. The van der Waals surface area contributed by atoms with Crippen LogP contribution in [0.1, 0.15) is 73.8 Å². The van der Waals surface area contributed by atoms with E-state index in [4.69, 9.17) is 14.3 Å². The average molecular weight is 477 g/mol. The van der Waals surface area contributed by atoms with Crippen molar-refractivity contribution in [1.29, 1.82) is 0 Å². The molecule has 0 aliphatic heterocycles. The van der Waals surface area contributed by atoms with Gasteiger partial charge in [-0.15, -0.1) is 0 Å². The lowest BCUT2D eigenvalue weighted by Crippen LogP contribution is -2.23. The highest BCUT2D eigenvalue weighted by atomic mass is 16.7. The van der Waals surface area contributed by atoms with E-state index in [-0.39, 0.29) is 43.4 Å². The van der Waals surface area contributed by atoms with Crippen LogP contribution in [0, 0.1) is 0 Å². The normalized spacial score (nSPS) is 11.1. The van der Waals surface area contributed by atoms with E-state index >= 15 is 0 Å². The van der Waals surface area contributed by atoms with Crippen LogP contribution in [0.3, 0.4) is 0 Å². The van der Waals surface area contributed by atoms with Crippen LogP contribution < -0.4 is 5.48 Å². The fourth-order valence-corrected chi connectivity index (χ4v) is 3.09. The molecule has 0 aromatic carbocycles. The van der Waals surface area contributed by atoms with Crippen LogP contribution in [-0.4, -0.2) is 50.0 Å². The maximum Gasteiger partial charge on any atom is 0.374 e. The molecule has 2 heterocycles. The largest absolute Gasteiger partial charge is 0.460 e. The van der Waals surface area contributed by atoms with Crippen molar-refractivity contribution in [3.63, 3.8) is 0 Å². The summed E-state index contributed by atoms with van der Waals surface area (Å²) >= 11 is 0. The second-order valence-electron chi connectivity index (χ2n) is 8.73. The summed E-state index contributed by atoms with van der Waals surface area (Å²) in [5, 5.41) is 0. The molecular formula is C23H32N4O7. The van der Waals surface area contributed by atoms with E-state index in [2.05, 4.69) is 10.5 Å². The number of imidazole rings is 1. The lowest BCUT2D eigenvalue weighted by Gasteiger charge is -2.19. The zero-order valence-electron chi connectivity index (χ0n) is 20.5. The van der Waals surface area contributed by atoms with Gasteiger partial charge in [0.25, 0.3) is 0 Å². The fourth-order valence-electron chi connectivity index (χ4n) is 3.09. The average Bonchev–Trinajstić information content (AvgIpc) is 3.27. The van der Waals surface area contributed by atoms with E-state index in [0.717, 1.165) is 0 Å². The van der Waals surface area contributed by atoms with Crippen molar-refractivity contribution in [2.75, 3.05) is 12.1 Å². The Hall–Kier alpha value is -3.63. The summed E-state index contributed by atoms with van der Waals surface area (Å²) in [7, 11) is 3.34. The van der Waals surface area contributed by atoms with Crippen LogP contribution in [0.15, 0.2) is 18.5 Å². The summed E-state index contributed by atoms with van der Waals surface area (Å²) in [6.07, 6.45) is 3.63. The molecule has 34 heavy (non-hydrogen) atoms. The molecule has 0 bridgehead atoms. The summed E-state index contributed by atoms with van der Waals surface area (Å²) in [6.45, 7) is 7.26. The Morgan fingerprint density at radius 2 is 1.71 bits per heavy atom. The van der Waals surface area contributed by atoms with Crippen LogP contribution in [0.5, 0.6) is 0 Å². The minimum Gasteiger partial charge on any atom is -0.460 e. The number of carbonyl (C=O) groups is 4. The SMILES string of the molecule is CCOC(=O)c1nc(CC(=O)c2cc(NOC(=O)CCCC(=O)OC(C)(C)C)cn2C)cn1C. The fraction of sp³-hybridized carbons (Fsp3) is 0.522. The molecule has 2 aromatic rings. The number of nitrogens with one attached hydrogen (secondary N) is 1. The first kappa shape index (κ1) is 26.6. The van der Waals surface area contributed by atoms with Gasteiger partial charge in [-0.3, -0.25) is 9.59 Å². The van der Waals surface area contributed by atoms with Crippen LogP contribution in [0.25, 0.3) is 0 Å². The van der Waals surface area contributed by atoms with Crippen molar-refractivity contribution in [2.24, 2.45) is 14.1 Å². The Balaban J connectivity index is 1.86. The molecule has 0 radical (unpaired) electrons. The third-order valence-electron chi connectivity index (χ3n) is 4.48. The first-order chi connectivity index (χ1) is 15.9. The standard InChI is InChI=1S/C23H32N4O7/c1-7-32-22(31)21-24-15(13-27(21)6)12-18(28)17-11-16(14-26(17)5)25-34-20(30)10-8-9-19(29)33-23(2,3)4/h11,13-14,25H,7-10,12H2,1-6H3. The number of aromatic nitrogens is 3. The highest BCUT2D eigenvalue weighted by Gasteiger charge is 2.20. The smallest absolute Gasteiger partial charge is 0.374 e. The lowest BCUT2D eigenvalue weighted by molar-refractivity contribution is -0.155. The molecule has 11 nitrogen and oxygen atoms in total. The number of nitrogens with zero attached hydrogens (tertiary/aromatic N) is 3. The molecule has 0 atom stereocenters. The van der Waals surface area contributed by atoms with E-state index in [9.17, 15) is 19.2 Å². The summed E-state index contributed by atoms with van der Waals surface area (Å²) in [5.74, 6) is -1.57. The van der Waals surface area contributed by atoms with Gasteiger partial charge in [-0.25, -0.2) is 20.1 Å². The van der Waals surface area contributed by atoms with Gasteiger partial charge >= 0.3 is 17.9 Å². The first-order valence-electron chi connectivity index (χ1n) is 11.0. The third kappa shape index (κ3) is 8.05. The van der Waals surface area contributed by atoms with Crippen molar-refractivity contribution in [3.8, 4) is 0 Å². The van der Waals surface area contributed by atoms with Crippen LogP contribution in [-0.2, 0) is 44.4 Å². The van der Waals surface area contributed by atoms with Crippen molar-refractivity contribution < 1.29 is 33.5 Å². The van der Waals surface area contributed by atoms with Gasteiger partial charge in [0.1, 0.15) is 5.60 Å². The summed E-state index contributed by atoms with van der Waals surface area (Å²) in [4.78, 5) is 57.5. The number of ether oxygens (including phenoxy) is 2. The minimum absolute atomic E-state index is 0.0189. The topological polar surface area (TPSA) is 131 Å². The Kier molecular flexibility index (Phi) is 8.99. The summed E-state index contributed by atoms with van der Waals surface area (Å²) in [6, 6.07) is 1.55. The first-order valence-corrected chi connectivity index (χ1v) is 11.0. The molecule has 0 spiro atoms. The molecule has 11 heteroatoms. The van der Waals surface area contributed by atoms with Crippen molar-refractivity contribution in [2.45, 2.75) is 59.0 Å². The van der Waals surface area contributed by atoms with Crippen molar-refractivity contribution in [1.82, 2.24) is 14.1 Å². The molecule has 0 amide bonds. The van der Waals surface area contributed by atoms with Gasteiger partial charge in [-0.1, -0.05) is 0 Å². The Bertz CT molecular complexity index is 1050. The quantitative estimate of drug-likeness (QED) is 0.225. The highest BCUT2D eigenvalue weighted by molar-refractivity contribution is 5.97. The molecule has 0 aliphatic carbocycles. The molecule has 0 aliphatic rings. The molecule has 1 N–H and O–H groups in total. The number of hydrogen-bond donors (Lipinski definition) is 1. The Labute approximate surface area is 198 Å². The molecular weight excluding hydrogens is 444 g/mol. The second-order valence-corrected chi connectivity index (χ2v) is 8.73. The molecule has 2 aromatic heterocycles. The van der Waals surface area contributed by atoms with Gasteiger partial charge in [0.15, 0.2) is 5.78 Å². The number of aryl methyl sites for hydroxylation is 2. The van der Waals surface area contributed by atoms with Crippen LogP contribution in [0.4, 0.5) is 5.69 Å². The zero-order valence-corrected chi connectivity index (χ0v) is 20.5. The van der Waals surface area contributed by atoms with E-state index in [1.165, 1.54) is 4.57 Å². The molecule has 2 rings (SSSR count). The maximum atomic E-state index is 12.7. The second kappa shape index (κ2) is 11.5. The minimum atomic E-state index is -0.568. The molecule has 186 valence electrons. The van der Waals surface area contributed by atoms with Crippen LogP contribution in [0.2, 0.25) is 0 Å². The van der Waals surface area contributed by atoms with Crippen molar-refractivity contribution in [3.05, 3.63) is 35.7 Å². The number of hydrogen-bond acceptors (Lipinski definition) is 9. The van der Waals surface area contributed by atoms with Gasteiger partial charge in [0.05, 0.1) is 30.1 Å². The number of Topliss-reactive ketones (excluding diaryl/α,β-unsaturated/α-hetero) is 1. The van der Waals surface area contributed by atoms with E-state index in [0.29, 0.717) is 23.5 Å². The lowest BCUT2D eigenvalue weighted by atomic mass is 10.2. The van der Waals surface area contributed by atoms with Gasteiger partial charge in [0.2, 0.25) is 5.82 Å². The molecule has 0 fully saturated rings. The Morgan fingerprint density at radius 3 is 2.35 bits per heavy atom. The molecule has 0 saturated heterocycles. The van der Waals surface area contributed by atoms with Gasteiger partial charge in [-0.05, 0) is 40.2 Å². The molecule has 0 saturated carbocycles. The number of rotatable bonds is 11. The van der Waals surface area contributed by atoms with Gasteiger partial charge < -0.3 is 23.4 Å². The van der Waals surface area contributed by atoms with Gasteiger partial charge in [-0.2, -0.15) is 0 Å². The predicted octanol–water partition coefficient (Wildman–Crippen LogP) is 2.74. The number of carbonyl (C=O) groups excluding carboxylic acids is 4. The number of ketones is 1. The number of esters is 2. The monoisotopic (exact) mass is 476 g/mol. The maximum absolute atomic E-state index is 12.7. The summed E-state index contributed by atoms with van der Waals surface area (Å²) in [5.41, 5.74) is 3.17. The zero-order chi connectivity index (χ0) is 25.5. The Morgan fingerprint density at radius 1 is 1.03 bits per heavy atom.